The van der Waals surface area contributed by atoms with Crippen LogP contribution in [0, 0.1) is 6.92 Å². The maximum Gasteiger partial charge on any atom is 0.258 e. The van der Waals surface area contributed by atoms with Gasteiger partial charge >= 0.3 is 0 Å². The van der Waals surface area contributed by atoms with Crippen molar-refractivity contribution in [3.05, 3.63) is 58.3 Å². The Morgan fingerprint density at radius 2 is 1.96 bits per heavy atom. The van der Waals surface area contributed by atoms with Gasteiger partial charge in [0.05, 0.1) is 17.9 Å². The second-order valence-electron chi connectivity index (χ2n) is 5.71. The fourth-order valence-electron chi connectivity index (χ4n) is 2.69. The average molecular weight is 415 g/mol. The van der Waals surface area contributed by atoms with Crippen LogP contribution in [-0.2, 0) is 7.05 Å². The number of ether oxygens (including phenoxy) is 1. The average Bonchev–Trinajstić information content (AvgIpc) is 2.90. The first-order valence-corrected chi connectivity index (χ1v) is 8.98. The second-order valence-corrected chi connectivity index (χ2v) is 6.63. The summed E-state index contributed by atoms with van der Waals surface area (Å²) in [5.74, 6) is 0.890. The van der Waals surface area contributed by atoms with Gasteiger partial charge in [0.2, 0.25) is 5.88 Å². The number of pyridine rings is 1. The van der Waals surface area contributed by atoms with Crippen molar-refractivity contribution in [2.24, 2.45) is 7.05 Å². The fraction of sp³-hybridized carbons (Fsp3) is 0.211. The molecule has 3 aromatic rings. The number of aryl methyl sites for hydroxylation is 2. The van der Waals surface area contributed by atoms with E-state index in [9.17, 15) is 4.79 Å². The molecular formula is C19H19BrN4O2. The molecule has 26 heavy (non-hydrogen) atoms. The lowest BCUT2D eigenvalue weighted by atomic mass is 10.1. The molecule has 1 amide bonds. The number of anilines is 1. The Labute approximate surface area is 160 Å². The van der Waals surface area contributed by atoms with Gasteiger partial charge in [0.1, 0.15) is 5.82 Å². The Morgan fingerprint density at radius 3 is 2.58 bits per heavy atom. The summed E-state index contributed by atoms with van der Waals surface area (Å²) in [7, 11) is 1.81. The van der Waals surface area contributed by atoms with Crippen LogP contribution >= 0.6 is 15.9 Å². The summed E-state index contributed by atoms with van der Waals surface area (Å²) in [5.41, 5.74) is 3.18. The number of nitrogens with zero attached hydrogens (tertiary/aromatic N) is 3. The SMILES string of the molecule is CCOc1ccc(C(=O)Nc2c(-c3ccc(Br)cc3)c(C)nn2C)cn1. The first kappa shape index (κ1) is 18.1. The van der Waals surface area contributed by atoms with Crippen molar-refractivity contribution in [3.8, 4) is 17.0 Å². The Kier molecular flexibility index (Phi) is 5.37. The van der Waals surface area contributed by atoms with E-state index in [1.165, 1.54) is 6.20 Å². The predicted molar refractivity (Wildman–Crippen MR) is 104 cm³/mol. The lowest BCUT2D eigenvalue weighted by molar-refractivity contribution is 0.102. The highest BCUT2D eigenvalue weighted by molar-refractivity contribution is 9.10. The molecule has 0 atom stereocenters. The number of nitrogens with one attached hydrogen (secondary N) is 1. The number of aromatic nitrogens is 3. The highest BCUT2D eigenvalue weighted by atomic mass is 79.9. The highest BCUT2D eigenvalue weighted by Gasteiger charge is 2.18. The summed E-state index contributed by atoms with van der Waals surface area (Å²) in [6.07, 6.45) is 1.50. The van der Waals surface area contributed by atoms with Gasteiger partial charge in [-0.2, -0.15) is 5.10 Å². The van der Waals surface area contributed by atoms with Crippen LogP contribution in [0.15, 0.2) is 47.1 Å². The van der Waals surface area contributed by atoms with E-state index < -0.39 is 0 Å². The highest BCUT2D eigenvalue weighted by Crippen LogP contribution is 2.32. The van der Waals surface area contributed by atoms with Crippen molar-refractivity contribution >= 4 is 27.7 Å². The Balaban J connectivity index is 1.90. The van der Waals surface area contributed by atoms with Gasteiger partial charge in [-0.1, -0.05) is 28.1 Å². The third-order valence-corrected chi connectivity index (χ3v) is 4.41. The number of benzene rings is 1. The Hall–Kier alpha value is -2.67. The number of hydrogen-bond acceptors (Lipinski definition) is 4. The molecule has 0 fully saturated rings. The molecule has 7 heteroatoms. The zero-order valence-electron chi connectivity index (χ0n) is 14.8. The number of carbonyl (C=O) groups is 1. The molecular weight excluding hydrogens is 396 g/mol. The first-order chi connectivity index (χ1) is 12.5. The Bertz CT molecular complexity index is 918. The van der Waals surface area contributed by atoms with Crippen LogP contribution in [0.5, 0.6) is 5.88 Å². The number of rotatable bonds is 5. The molecule has 0 unspecified atom stereocenters. The third-order valence-electron chi connectivity index (χ3n) is 3.88. The van der Waals surface area contributed by atoms with Crippen LogP contribution in [0.2, 0.25) is 0 Å². The molecule has 2 heterocycles. The lowest BCUT2D eigenvalue weighted by Crippen LogP contribution is -2.15. The van der Waals surface area contributed by atoms with E-state index in [0.29, 0.717) is 23.9 Å². The predicted octanol–water partition coefficient (Wildman–Crippen LogP) is 4.20. The van der Waals surface area contributed by atoms with E-state index in [1.54, 1.807) is 23.9 Å². The summed E-state index contributed by atoms with van der Waals surface area (Å²) in [6, 6.07) is 11.3. The van der Waals surface area contributed by atoms with E-state index in [0.717, 1.165) is 21.3 Å². The van der Waals surface area contributed by atoms with Crippen molar-refractivity contribution in [1.82, 2.24) is 14.8 Å². The van der Waals surface area contributed by atoms with Gasteiger partial charge in [-0.15, -0.1) is 0 Å². The minimum Gasteiger partial charge on any atom is -0.478 e. The zero-order valence-corrected chi connectivity index (χ0v) is 16.4. The second kappa shape index (κ2) is 7.70. The fourth-order valence-corrected chi connectivity index (χ4v) is 2.96. The van der Waals surface area contributed by atoms with Crippen molar-refractivity contribution in [1.29, 1.82) is 0 Å². The topological polar surface area (TPSA) is 69.0 Å². The lowest BCUT2D eigenvalue weighted by Gasteiger charge is -2.10. The van der Waals surface area contributed by atoms with Crippen LogP contribution in [0.4, 0.5) is 5.82 Å². The number of halogens is 1. The standard InChI is InChI=1S/C19H19BrN4O2/c1-4-26-16-10-7-14(11-21-16)19(25)22-18-17(12(2)23-24(18)3)13-5-8-15(20)9-6-13/h5-11H,4H2,1-3H3,(H,22,25). The zero-order chi connectivity index (χ0) is 18.7. The molecule has 0 radical (unpaired) electrons. The molecule has 1 aromatic carbocycles. The Morgan fingerprint density at radius 1 is 1.23 bits per heavy atom. The molecule has 0 aliphatic heterocycles. The molecule has 0 saturated carbocycles. The van der Waals surface area contributed by atoms with E-state index in [1.807, 2.05) is 38.1 Å². The molecule has 0 aliphatic rings. The summed E-state index contributed by atoms with van der Waals surface area (Å²) < 4.78 is 7.97. The minimum atomic E-state index is -0.248. The summed E-state index contributed by atoms with van der Waals surface area (Å²) in [4.78, 5) is 16.8. The molecule has 2 aromatic heterocycles. The van der Waals surface area contributed by atoms with Crippen molar-refractivity contribution in [2.45, 2.75) is 13.8 Å². The van der Waals surface area contributed by atoms with Crippen LogP contribution in [0.25, 0.3) is 11.1 Å². The molecule has 6 nitrogen and oxygen atoms in total. The van der Waals surface area contributed by atoms with Crippen LogP contribution in [0.1, 0.15) is 23.0 Å². The van der Waals surface area contributed by atoms with Crippen molar-refractivity contribution in [3.63, 3.8) is 0 Å². The quantitative estimate of drug-likeness (QED) is 0.678. The van der Waals surface area contributed by atoms with E-state index >= 15 is 0 Å². The van der Waals surface area contributed by atoms with E-state index in [4.69, 9.17) is 4.74 Å². The number of amides is 1. The van der Waals surface area contributed by atoms with Crippen molar-refractivity contribution < 1.29 is 9.53 Å². The number of carbonyl (C=O) groups excluding carboxylic acids is 1. The van der Waals surface area contributed by atoms with Crippen molar-refractivity contribution in [2.75, 3.05) is 11.9 Å². The summed E-state index contributed by atoms with van der Waals surface area (Å²) >= 11 is 3.44. The van der Waals surface area contributed by atoms with E-state index in [2.05, 4.69) is 31.3 Å². The molecule has 1 N–H and O–H groups in total. The molecule has 0 saturated heterocycles. The monoisotopic (exact) mass is 414 g/mol. The molecule has 3 rings (SSSR count). The maximum atomic E-state index is 12.6. The normalized spacial score (nSPS) is 10.6. The smallest absolute Gasteiger partial charge is 0.258 e. The minimum absolute atomic E-state index is 0.248. The maximum absolute atomic E-state index is 12.6. The molecule has 0 bridgehead atoms. The van der Waals surface area contributed by atoms with Gasteiger partial charge in [-0.05, 0) is 37.6 Å². The van der Waals surface area contributed by atoms with Gasteiger partial charge < -0.3 is 10.1 Å². The molecule has 0 spiro atoms. The summed E-state index contributed by atoms with van der Waals surface area (Å²) in [5, 5.41) is 7.40. The first-order valence-electron chi connectivity index (χ1n) is 8.19. The van der Waals surface area contributed by atoms with Crippen LogP contribution < -0.4 is 10.1 Å². The van der Waals surface area contributed by atoms with Crippen LogP contribution in [-0.4, -0.2) is 27.3 Å². The van der Waals surface area contributed by atoms with Gasteiger partial charge in [0, 0.05) is 29.3 Å². The summed E-state index contributed by atoms with van der Waals surface area (Å²) in [6.45, 7) is 4.34. The van der Waals surface area contributed by atoms with Gasteiger partial charge in [0.15, 0.2) is 0 Å². The van der Waals surface area contributed by atoms with Gasteiger partial charge in [-0.25, -0.2) is 4.98 Å². The van der Waals surface area contributed by atoms with E-state index in [-0.39, 0.29) is 5.91 Å². The van der Waals surface area contributed by atoms with Gasteiger partial charge in [-0.3, -0.25) is 9.48 Å². The molecule has 0 aliphatic carbocycles. The largest absolute Gasteiger partial charge is 0.478 e. The molecule has 134 valence electrons. The van der Waals surface area contributed by atoms with Gasteiger partial charge in [0.25, 0.3) is 5.91 Å². The number of hydrogen-bond donors (Lipinski definition) is 1. The third kappa shape index (κ3) is 3.77. The van der Waals surface area contributed by atoms with Crippen LogP contribution in [0.3, 0.4) is 0 Å².